The molecule has 0 fully saturated rings. The van der Waals surface area contributed by atoms with E-state index >= 15 is 0 Å². The van der Waals surface area contributed by atoms with E-state index in [1.165, 1.54) is 7.11 Å². The number of phenols is 1. The van der Waals surface area contributed by atoms with Gasteiger partial charge in [0, 0.05) is 5.69 Å². The number of aromatic carboxylic acids is 1. The first-order chi connectivity index (χ1) is 15.7. The number of rotatable bonds is 8. The van der Waals surface area contributed by atoms with Gasteiger partial charge in [-0.2, -0.15) is 0 Å². The van der Waals surface area contributed by atoms with Gasteiger partial charge in [-0.15, -0.1) is 0 Å². The van der Waals surface area contributed by atoms with Crippen LogP contribution in [0, 0.1) is 6.92 Å². The molecule has 0 aliphatic heterocycles. The van der Waals surface area contributed by atoms with Crippen LogP contribution in [0.15, 0.2) is 60.7 Å². The maximum absolute atomic E-state index is 13.5. The number of amides is 1. The molecule has 0 saturated heterocycles. The van der Waals surface area contributed by atoms with Crippen molar-refractivity contribution in [3.63, 3.8) is 0 Å². The molecule has 3 aromatic rings. The van der Waals surface area contributed by atoms with E-state index in [0.29, 0.717) is 17.9 Å². The number of carbonyl (C=O) groups is 2. The van der Waals surface area contributed by atoms with E-state index in [4.69, 9.17) is 9.84 Å². The number of nitrogens with one attached hydrogen (secondary N) is 1. The van der Waals surface area contributed by atoms with Crippen LogP contribution in [0.5, 0.6) is 11.5 Å². The van der Waals surface area contributed by atoms with Crippen molar-refractivity contribution in [2.45, 2.75) is 39.0 Å². The molecule has 0 saturated carbocycles. The number of hydrogen-bond donors (Lipinski definition) is 3. The summed E-state index contributed by atoms with van der Waals surface area (Å²) in [6.07, 6.45) is 1.41. The Morgan fingerprint density at radius 3 is 2.33 bits per heavy atom. The molecule has 0 bridgehead atoms. The Labute approximate surface area is 193 Å². The fourth-order valence-electron chi connectivity index (χ4n) is 3.98. The van der Waals surface area contributed by atoms with E-state index in [1.807, 2.05) is 39.0 Å². The lowest BCUT2D eigenvalue weighted by atomic mass is 9.77. The zero-order chi connectivity index (χ0) is 24.2. The highest BCUT2D eigenvalue weighted by Crippen LogP contribution is 2.37. The predicted octanol–water partition coefficient (Wildman–Crippen LogP) is 5.77. The zero-order valence-corrected chi connectivity index (χ0v) is 19.3. The Bertz CT molecular complexity index is 1170. The number of phenolic OH excluding ortho intramolecular Hbond substituents is 1. The smallest absolute Gasteiger partial charge is 0.335 e. The van der Waals surface area contributed by atoms with Gasteiger partial charge in [-0.25, -0.2) is 4.79 Å². The highest BCUT2D eigenvalue weighted by molar-refractivity contribution is 5.99. The fraction of sp³-hybridized carbons (Fsp3) is 0.259. The second-order valence-corrected chi connectivity index (χ2v) is 8.34. The van der Waals surface area contributed by atoms with E-state index in [0.717, 1.165) is 28.7 Å². The number of ether oxygens (including phenoxy) is 1. The van der Waals surface area contributed by atoms with Crippen molar-refractivity contribution in [1.82, 2.24) is 0 Å². The largest absolute Gasteiger partial charge is 0.504 e. The molecule has 3 N–H and O–H groups in total. The summed E-state index contributed by atoms with van der Waals surface area (Å²) >= 11 is 0. The summed E-state index contributed by atoms with van der Waals surface area (Å²) in [4.78, 5) is 24.6. The number of aryl methyl sites for hydroxylation is 1. The van der Waals surface area contributed by atoms with E-state index in [1.54, 1.807) is 42.5 Å². The summed E-state index contributed by atoms with van der Waals surface area (Å²) < 4.78 is 5.24. The lowest BCUT2D eigenvalue weighted by molar-refractivity contribution is -0.121. The molecule has 0 heterocycles. The van der Waals surface area contributed by atoms with Gasteiger partial charge in [-0.3, -0.25) is 4.79 Å². The molecule has 1 unspecified atom stereocenters. The number of carboxylic acid groups (broad SMARTS) is 1. The van der Waals surface area contributed by atoms with Crippen LogP contribution in [0.3, 0.4) is 0 Å². The summed E-state index contributed by atoms with van der Waals surface area (Å²) in [5, 5.41) is 22.1. The summed E-state index contributed by atoms with van der Waals surface area (Å²) in [6, 6.07) is 17.3. The van der Waals surface area contributed by atoms with Crippen molar-refractivity contribution < 1.29 is 24.5 Å². The van der Waals surface area contributed by atoms with Crippen LogP contribution >= 0.6 is 0 Å². The normalized spacial score (nSPS) is 12.6. The average molecular weight is 448 g/mol. The molecule has 3 rings (SSSR count). The highest BCUT2D eigenvalue weighted by Gasteiger charge is 2.35. The van der Waals surface area contributed by atoms with Crippen LogP contribution in [0.1, 0.15) is 48.2 Å². The predicted molar refractivity (Wildman–Crippen MR) is 129 cm³/mol. The molecule has 0 radical (unpaired) electrons. The minimum absolute atomic E-state index is 0.0256. The molecule has 0 aliphatic carbocycles. The topological polar surface area (TPSA) is 95.9 Å². The molecule has 1 amide bonds. The van der Waals surface area contributed by atoms with Crippen LogP contribution in [0.4, 0.5) is 5.69 Å². The number of aromatic hydroxyl groups is 1. The van der Waals surface area contributed by atoms with E-state index in [2.05, 4.69) is 5.32 Å². The maximum Gasteiger partial charge on any atom is 0.335 e. The van der Waals surface area contributed by atoms with E-state index in [-0.39, 0.29) is 17.2 Å². The van der Waals surface area contributed by atoms with Crippen molar-refractivity contribution in [3.8, 4) is 22.6 Å². The van der Waals surface area contributed by atoms with Crippen LogP contribution in [0.2, 0.25) is 0 Å². The number of benzene rings is 3. The third kappa shape index (κ3) is 5.00. The fourth-order valence-corrected chi connectivity index (χ4v) is 3.98. The average Bonchev–Trinajstić information content (AvgIpc) is 2.80. The first-order valence-electron chi connectivity index (χ1n) is 10.8. The van der Waals surface area contributed by atoms with E-state index < -0.39 is 11.4 Å². The molecule has 6 nitrogen and oxygen atoms in total. The van der Waals surface area contributed by atoms with Gasteiger partial charge in [0.2, 0.25) is 5.91 Å². The summed E-state index contributed by atoms with van der Waals surface area (Å²) in [5.74, 6) is -0.781. The zero-order valence-electron chi connectivity index (χ0n) is 19.3. The second kappa shape index (κ2) is 9.77. The number of anilines is 1. The number of carboxylic acids is 1. The first kappa shape index (κ1) is 23.9. The second-order valence-electron chi connectivity index (χ2n) is 8.34. The van der Waals surface area contributed by atoms with Crippen molar-refractivity contribution in [2.75, 3.05) is 12.4 Å². The molecule has 0 aromatic heterocycles. The molecule has 33 heavy (non-hydrogen) atoms. The van der Waals surface area contributed by atoms with Crippen LogP contribution in [-0.2, 0) is 10.2 Å². The molecular weight excluding hydrogens is 418 g/mol. The molecule has 172 valence electrons. The molecule has 6 heteroatoms. The number of carbonyl (C=O) groups excluding carboxylic acids is 1. The Morgan fingerprint density at radius 1 is 1.03 bits per heavy atom. The third-order valence-corrected chi connectivity index (χ3v) is 6.01. The molecule has 0 aliphatic rings. The first-order valence-corrected chi connectivity index (χ1v) is 10.8. The van der Waals surface area contributed by atoms with Crippen LogP contribution in [-0.4, -0.2) is 29.2 Å². The standard InChI is InChI=1S/C27H29NO5/c1-5-14-27(3,20-11-13-23(29)24(15-20)33-4)26(32)28-21-12-6-17(2)22(16-21)18-7-9-19(10-8-18)25(30)31/h6-13,15-16,29H,5,14H2,1-4H3,(H,28,32)(H,30,31). The molecule has 0 spiro atoms. The molecule has 3 aromatic carbocycles. The van der Waals surface area contributed by atoms with Crippen molar-refractivity contribution >= 4 is 17.6 Å². The Hall–Kier alpha value is -3.80. The van der Waals surface area contributed by atoms with Gasteiger partial charge in [-0.1, -0.05) is 37.6 Å². The van der Waals surface area contributed by atoms with Gasteiger partial charge in [0.1, 0.15) is 0 Å². The summed E-state index contributed by atoms with van der Waals surface area (Å²) in [6.45, 7) is 5.88. The Balaban J connectivity index is 1.93. The van der Waals surface area contributed by atoms with Gasteiger partial charge in [0.25, 0.3) is 0 Å². The monoisotopic (exact) mass is 447 g/mol. The molecular formula is C27H29NO5. The van der Waals surface area contributed by atoms with E-state index in [9.17, 15) is 14.7 Å². The van der Waals surface area contributed by atoms with Crippen molar-refractivity contribution in [2.24, 2.45) is 0 Å². The van der Waals surface area contributed by atoms with Gasteiger partial charge in [0.05, 0.1) is 18.1 Å². The SMILES string of the molecule is CCCC(C)(C(=O)Nc1ccc(C)c(-c2ccc(C(=O)O)cc2)c1)c1ccc(O)c(OC)c1. The molecule has 1 atom stereocenters. The van der Waals surface area contributed by atoms with Crippen LogP contribution in [0.25, 0.3) is 11.1 Å². The lowest BCUT2D eigenvalue weighted by Crippen LogP contribution is -2.37. The van der Waals surface area contributed by atoms with Crippen LogP contribution < -0.4 is 10.1 Å². The summed E-state index contributed by atoms with van der Waals surface area (Å²) in [7, 11) is 1.48. The minimum Gasteiger partial charge on any atom is -0.504 e. The maximum atomic E-state index is 13.5. The van der Waals surface area contributed by atoms with Gasteiger partial charge < -0.3 is 20.3 Å². The minimum atomic E-state index is -0.972. The summed E-state index contributed by atoms with van der Waals surface area (Å²) in [5.41, 5.74) is 3.59. The van der Waals surface area contributed by atoms with Crippen molar-refractivity contribution in [1.29, 1.82) is 0 Å². The Morgan fingerprint density at radius 2 is 1.73 bits per heavy atom. The quantitative estimate of drug-likeness (QED) is 0.407. The Kier molecular flexibility index (Phi) is 7.07. The highest BCUT2D eigenvalue weighted by atomic mass is 16.5. The van der Waals surface area contributed by atoms with Gasteiger partial charge >= 0.3 is 5.97 Å². The lowest BCUT2D eigenvalue weighted by Gasteiger charge is -2.29. The number of hydrogen-bond acceptors (Lipinski definition) is 4. The van der Waals surface area contributed by atoms with Crippen molar-refractivity contribution in [3.05, 3.63) is 77.4 Å². The van der Waals surface area contributed by atoms with Gasteiger partial charge in [0.15, 0.2) is 11.5 Å². The third-order valence-electron chi connectivity index (χ3n) is 6.01. The number of methoxy groups -OCH3 is 1. The van der Waals surface area contributed by atoms with Gasteiger partial charge in [-0.05, 0) is 78.9 Å².